The third-order valence-corrected chi connectivity index (χ3v) is 8.26. The summed E-state index contributed by atoms with van der Waals surface area (Å²) in [6.07, 6.45) is 1.79. The first-order valence-corrected chi connectivity index (χ1v) is 14.7. The molecule has 8 aromatic rings. The van der Waals surface area contributed by atoms with Crippen molar-refractivity contribution in [2.75, 3.05) is 9.80 Å². The van der Waals surface area contributed by atoms with Crippen LogP contribution in [-0.4, -0.2) is 15.4 Å². The van der Waals surface area contributed by atoms with E-state index in [-0.39, 0.29) is 20.1 Å². The van der Waals surface area contributed by atoms with Crippen LogP contribution in [0.15, 0.2) is 128 Å². The van der Waals surface area contributed by atoms with E-state index in [0.717, 1.165) is 16.9 Å². The number of pyridine rings is 1. The number of hydrogen-bond donors (Lipinski definition) is 0. The third kappa shape index (κ3) is 4.52. The van der Waals surface area contributed by atoms with Gasteiger partial charge in [0.05, 0.1) is 5.52 Å². The molecule has 0 radical (unpaired) electrons. The summed E-state index contributed by atoms with van der Waals surface area (Å²) in [5.41, 5.74) is 9.31. The zero-order chi connectivity index (χ0) is 28.9. The van der Waals surface area contributed by atoms with Gasteiger partial charge in [-0.2, -0.15) is 18.8 Å². The van der Waals surface area contributed by atoms with Crippen molar-refractivity contribution in [2.45, 2.75) is 19.9 Å². The molecule has 0 spiro atoms. The Labute approximate surface area is 270 Å². The number of anilines is 3. The van der Waals surface area contributed by atoms with Gasteiger partial charge in [0.1, 0.15) is 0 Å². The normalized spacial score (nSPS) is 12.6. The fourth-order valence-corrected chi connectivity index (χ4v) is 6.31. The van der Waals surface area contributed by atoms with E-state index < -0.39 is 0 Å². The van der Waals surface area contributed by atoms with Gasteiger partial charge in [-0.05, 0) is 55.2 Å². The summed E-state index contributed by atoms with van der Waals surface area (Å²) >= 11 is 0. The molecular formula is C39H29IrN4. The first-order chi connectivity index (χ1) is 21.2. The second kappa shape index (κ2) is 11.4. The van der Waals surface area contributed by atoms with Crippen LogP contribution in [-0.2, 0) is 20.1 Å². The summed E-state index contributed by atoms with van der Waals surface area (Å²) in [5.74, 6) is 0. The van der Waals surface area contributed by atoms with E-state index in [9.17, 15) is 0 Å². The standard InChI is InChI=1S/C28H21N3.C11H8N.Ir/c1-18(2)29-17-30(26-13-6-5-12-25(26)29)19-14-15-21-23-10-7-9-22-20-8-3-4-11-24(20)31(28(22)23)27(21)16-19;1-2-6-10(7-3-1)11-8-4-5-9-12-11;/h3-13,15-18H,1-2H3;1-6,8-9H;/q-2;-1;+3. The topological polar surface area (TPSA) is 23.8 Å². The van der Waals surface area contributed by atoms with Gasteiger partial charge in [-0.15, -0.1) is 53.0 Å². The van der Waals surface area contributed by atoms with E-state index in [4.69, 9.17) is 0 Å². The number of rotatable bonds is 3. The predicted molar refractivity (Wildman–Crippen MR) is 179 cm³/mol. The average Bonchev–Trinajstić information content (AvgIpc) is 3.73. The van der Waals surface area contributed by atoms with Gasteiger partial charge in [-0.3, -0.25) is 0 Å². The Morgan fingerprint density at radius 3 is 2.18 bits per heavy atom. The Bertz CT molecular complexity index is 2170. The van der Waals surface area contributed by atoms with E-state index in [1.54, 1.807) is 6.20 Å². The summed E-state index contributed by atoms with van der Waals surface area (Å²) in [6, 6.07) is 49.2. The second-order valence-electron chi connectivity index (χ2n) is 11.1. The maximum absolute atomic E-state index is 4.22. The van der Waals surface area contributed by atoms with Crippen molar-refractivity contribution in [3.8, 4) is 11.3 Å². The summed E-state index contributed by atoms with van der Waals surface area (Å²) in [5, 5.41) is 5.17. The maximum atomic E-state index is 4.22. The van der Waals surface area contributed by atoms with E-state index in [0.29, 0.717) is 6.04 Å². The predicted octanol–water partition coefficient (Wildman–Crippen LogP) is 9.67. The van der Waals surface area contributed by atoms with Crippen LogP contribution in [0.25, 0.3) is 49.4 Å². The molecule has 0 fully saturated rings. The quantitative estimate of drug-likeness (QED) is 0.169. The molecule has 0 atom stereocenters. The first kappa shape index (κ1) is 28.1. The molecule has 1 aliphatic heterocycles. The summed E-state index contributed by atoms with van der Waals surface area (Å²) in [7, 11) is 0. The number of nitrogens with zero attached hydrogens (tertiary/aromatic N) is 4. The van der Waals surface area contributed by atoms with Crippen molar-refractivity contribution >= 4 is 55.2 Å². The molecule has 9 rings (SSSR count). The van der Waals surface area contributed by atoms with Crippen LogP contribution >= 0.6 is 0 Å². The smallest absolute Gasteiger partial charge is 0.499 e. The van der Waals surface area contributed by atoms with Crippen LogP contribution in [0.2, 0.25) is 0 Å². The monoisotopic (exact) mass is 746 g/mol. The largest absolute Gasteiger partial charge is 3.00 e. The van der Waals surface area contributed by atoms with Gasteiger partial charge < -0.3 is 19.2 Å². The molecule has 1 aliphatic rings. The molecule has 0 bridgehead atoms. The van der Waals surface area contributed by atoms with Crippen molar-refractivity contribution in [1.82, 2.24) is 9.38 Å². The fourth-order valence-electron chi connectivity index (χ4n) is 6.31. The van der Waals surface area contributed by atoms with Gasteiger partial charge in [0.15, 0.2) is 0 Å². The van der Waals surface area contributed by atoms with Crippen LogP contribution in [0.1, 0.15) is 13.8 Å². The molecule has 5 heteroatoms. The molecule has 0 aliphatic carbocycles. The minimum absolute atomic E-state index is 0. The molecule has 3 aromatic heterocycles. The molecule has 0 saturated heterocycles. The van der Waals surface area contributed by atoms with Gasteiger partial charge in [-0.25, -0.2) is 0 Å². The third-order valence-electron chi connectivity index (χ3n) is 8.26. The van der Waals surface area contributed by atoms with E-state index >= 15 is 0 Å². The Kier molecular flexibility index (Phi) is 7.29. The molecule has 0 unspecified atom stereocenters. The van der Waals surface area contributed by atoms with E-state index in [1.807, 2.05) is 42.5 Å². The first-order valence-electron chi connectivity index (χ1n) is 14.7. The number of aromatic nitrogens is 2. The van der Waals surface area contributed by atoms with E-state index in [2.05, 4.69) is 131 Å². The van der Waals surface area contributed by atoms with E-state index in [1.165, 1.54) is 49.5 Å². The Balaban J connectivity index is 0.000000203. The Hall–Kier alpha value is -4.70. The van der Waals surface area contributed by atoms with Gasteiger partial charge >= 0.3 is 20.1 Å². The molecule has 4 heterocycles. The molecule has 0 N–H and O–H groups in total. The maximum Gasteiger partial charge on any atom is 3.00 e. The van der Waals surface area contributed by atoms with Gasteiger partial charge in [-0.1, -0.05) is 66.2 Å². The average molecular weight is 746 g/mol. The van der Waals surface area contributed by atoms with Gasteiger partial charge in [0.2, 0.25) is 0 Å². The zero-order valence-electron chi connectivity index (χ0n) is 24.4. The molecular weight excluding hydrogens is 717 g/mol. The fraction of sp³-hybridized carbons (Fsp3) is 0.0769. The number of fused-ring (bicyclic) bond motifs is 7. The summed E-state index contributed by atoms with van der Waals surface area (Å²) in [4.78, 5) is 8.81. The molecule has 4 nitrogen and oxygen atoms in total. The minimum Gasteiger partial charge on any atom is -0.499 e. The summed E-state index contributed by atoms with van der Waals surface area (Å²) in [6.45, 7) is 6.66. The zero-order valence-corrected chi connectivity index (χ0v) is 26.8. The number of hydrogen-bond acceptors (Lipinski definition) is 3. The van der Waals surface area contributed by atoms with Crippen molar-refractivity contribution in [3.05, 3.63) is 146 Å². The van der Waals surface area contributed by atoms with Crippen LogP contribution < -0.4 is 9.80 Å². The van der Waals surface area contributed by atoms with Crippen LogP contribution in [0.4, 0.5) is 17.1 Å². The number of benzene rings is 5. The molecule has 0 saturated carbocycles. The van der Waals surface area contributed by atoms with Gasteiger partial charge in [0.25, 0.3) is 0 Å². The van der Waals surface area contributed by atoms with Crippen LogP contribution in [0.5, 0.6) is 0 Å². The van der Waals surface area contributed by atoms with Crippen molar-refractivity contribution in [3.63, 3.8) is 0 Å². The van der Waals surface area contributed by atoms with Crippen LogP contribution in [0.3, 0.4) is 0 Å². The van der Waals surface area contributed by atoms with Crippen molar-refractivity contribution in [2.24, 2.45) is 0 Å². The molecule has 5 aromatic carbocycles. The summed E-state index contributed by atoms with van der Waals surface area (Å²) < 4.78 is 2.43. The molecule has 0 amide bonds. The minimum atomic E-state index is 0. The molecule has 214 valence electrons. The Morgan fingerprint density at radius 2 is 1.41 bits per heavy atom. The van der Waals surface area contributed by atoms with Crippen molar-refractivity contribution in [1.29, 1.82) is 0 Å². The van der Waals surface area contributed by atoms with Crippen LogP contribution in [0, 0.1) is 18.8 Å². The molecule has 44 heavy (non-hydrogen) atoms. The second-order valence-corrected chi connectivity index (χ2v) is 11.1. The Morgan fingerprint density at radius 1 is 0.682 bits per heavy atom. The van der Waals surface area contributed by atoms with Crippen molar-refractivity contribution < 1.29 is 20.1 Å². The van der Waals surface area contributed by atoms with Gasteiger partial charge in [0, 0.05) is 33.9 Å². The SMILES string of the molecule is CC(C)N1[CH-]N(c2[c-]cc3c4cccc5c6ccccc6n(c3c2)c54)c2ccccc21.[Ir+3].[c-]1ccccc1-c1ccccn1. The number of para-hydroxylation sites is 4.